The minimum absolute atomic E-state index is 1.08. The highest BCUT2D eigenvalue weighted by atomic mass is 32.1. The first-order valence-corrected chi connectivity index (χ1v) is 19.4. The van der Waals surface area contributed by atoms with Crippen LogP contribution in [-0.4, -0.2) is 9.97 Å². The molecule has 0 radical (unpaired) electrons. The molecular weight excluding hydrogens is 605 g/mol. The molecule has 6 heterocycles. The lowest BCUT2D eigenvalue weighted by molar-refractivity contribution is 0.668. The molecule has 6 rings (SSSR count). The first-order chi connectivity index (χ1) is 19.7. The van der Waals surface area contributed by atoms with E-state index < -0.39 is 0 Å². The number of hydrogen-bond acceptors (Lipinski definition) is 8. The van der Waals surface area contributed by atoms with Crippen molar-refractivity contribution in [2.45, 2.75) is 78.1 Å². The molecule has 40 heavy (non-hydrogen) atoms. The third-order valence-corrected chi connectivity index (χ3v) is 13.9. The van der Waals surface area contributed by atoms with Gasteiger partial charge in [-0.2, -0.15) is 0 Å². The van der Waals surface area contributed by atoms with Crippen molar-refractivity contribution in [2.24, 2.45) is 0 Å². The van der Waals surface area contributed by atoms with Crippen LogP contribution in [0, 0.1) is 0 Å². The van der Waals surface area contributed by atoms with Gasteiger partial charge in [-0.05, 0) is 71.8 Å². The number of aryl methyl sites for hydroxylation is 2. The number of thiazole rings is 2. The Kier molecular flexibility index (Phi) is 9.62. The summed E-state index contributed by atoms with van der Waals surface area (Å²) in [5, 5.41) is 6.63. The second-order valence-corrected chi connectivity index (χ2v) is 16.1. The van der Waals surface area contributed by atoms with Gasteiger partial charge in [0.25, 0.3) is 0 Å². The topological polar surface area (TPSA) is 25.8 Å². The first-order valence-electron chi connectivity index (χ1n) is 14.3. The van der Waals surface area contributed by atoms with Gasteiger partial charge >= 0.3 is 0 Å². The molecule has 8 heteroatoms. The Balaban J connectivity index is 1.30. The summed E-state index contributed by atoms with van der Waals surface area (Å²) in [5.74, 6) is 0. The molecule has 0 aliphatic carbocycles. The largest absolute Gasteiger partial charge is 0.222 e. The highest BCUT2D eigenvalue weighted by molar-refractivity contribution is 7.33. The van der Waals surface area contributed by atoms with Gasteiger partial charge in [-0.15, -0.1) is 45.3 Å². The zero-order chi connectivity index (χ0) is 27.3. The summed E-state index contributed by atoms with van der Waals surface area (Å²) in [6.07, 6.45) is 12.5. The maximum Gasteiger partial charge on any atom is 0.155 e. The molecule has 0 saturated heterocycles. The molecule has 0 saturated carbocycles. The Bertz CT molecular complexity index is 1480. The number of aromatic nitrogens is 2. The monoisotopic (exact) mass is 638 g/mol. The van der Waals surface area contributed by atoms with Crippen molar-refractivity contribution in [1.29, 1.82) is 0 Å². The average molecular weight is 639 g/mol. The summed E-state index contributed by atoms with van der Waals surface area (Å²) in [4.78, 5) is 20.7. The Morgan fingerprint density at radius 1 is 0.550 bits per heavy atom. The lowest BCUT2D eigenvalue weighted by Gasteiger charge is -2.02. The number of unbranched alkanes of at least 4 members (excludes halogenated alkanes) is 6. The molecule has 0 aliphatic heterocycles. The maximum atomic E-state index is 5.20. The smallest absolute Gasteiger partial charge is 0.155 e. The van der Waals surface area contributed by atoms with Gasteiger partial charge in [-0.3, -0.25) is 0 Å². The van der Waals surface area contributed by atoms with Gasteiger partial charge in [0.05, 0.1) is 9.75 Å². The Labute approximate surface area is 261 Å². The molecule has 208 valence electrons. The second kappa shape index (κ2) is 13.5. The van der Waals surface area contributed by atoms with E-state index in [0.29, 0.717) is 0 Å². The number of rotatable bonds is 14. The fourth-order valence-corrected chi connectivity index (χ4v) is 11.3. The number of thiophene rings is 4. The van der Waals surface area contributed by atoms with E-state index in [-0.39, 0.29) is 0 Å². The normalized spacial score (nSPS) is 11.8. The molecule has 0 aromatic carbocycles. The molecule has 0 fully saturated rings. The predicted molar refractivity (Wildman–Crippen MR) is 184 cm³/mol. The fourth-order valence-electron chi connectivity index (χ4n) is 4.99. The Morgan fingerprint density at radius 3 is 1.43 bits per heavy atom. The first kappa shape index (κ1) is 28.4. The molecule has 0 aliphatic rings. The molecule has 0 atom stereocenters. The van der Waals surface area contributed by atoms with E-state index >= 15 is 0 Å². The summed E-state index contributed by atoms with van der Waals surface area (Å²) in [7, 11) is 0. The summed E-state index contributed by atoms with van der Waals surface area (Å²) < 4.78 is 0. The number of fused-ring (bicyclic) bond motifs is 1. The third kappa shape index (κ3) is 6.37. The van der Waals surface area contributed by atoms with Crippen LogP contribution in [0.4, 0.5) is 0 Å². The molecule has 0 N–H and O–H groups in total. The van der Waals surface area contributed by atoms with Crippen LogP contribution in [-0.2, 0) is 12.8 Å². The minimum Gasteiger partial charge on any atom is -0.222 e. The predicted octanol–water partition coefficient (Wildman–Crippen LogP) is 12.9. The lowest BCUT2D eigenvalue weighted by atomic mass is 10.1. The number of nitrogens with zero attached hydrogens (tertiary/aromatic N) is 2. The quantitative estimate of drug-likeness (QED) is 0.111. The number of hydrogen-bond donors (Lipinski definition) is 0. The van der Waals surface area contributed by atoms with Crippen LogP contribution >= 0.6 is 68.0 Å². The van der Waals surface area contributed by atoms with Crippen LogP contribution in [0.5, 0.6) is 0 Å². The minimum atomic E-state index is 1.08. The van der Waals surface area contributed by atoms with Gasteiger partial charge in [0, 0.05) is 19.5 Å². The van der Waals surface area contributed by atoms with Crippen molar-refractivity contribution in [3.8, 4) is 39.3 Å². The maximum absolute atomic E-state index is 5.20. The van der Waals surface area contributed by atoms with Crippen LogP contribution in [0.15, 0.2) is 47.2 Å². The van der Waals surface area contributed by atoms with Crippen LogP contribution in [0.25, 0.3) is 48.9 Å². The molecule has 2 nitrogen and oxygen atoms in total. The Hall–Kier alpha value is -1.68. The van der Waals surface area contributed by atoms with Gasteiger partial charge in [0.2, 0.25) is 0 Å². The molecule has 0 amide bonds. The van der Waals surface area contributed by atoms with Crippen LogP contribution in [0.1, 0.15) is 76.3 Å². The van der Waals surface area contributed by atoms with E-state index in [9.17, 15) is 0 Å². The van der Waals surface area contributed by atoms with E-state index in [2.05, 4.69) is 61.0 Å². The van der Waals surface area contributed by atoms with E-state index in [1.807, 2.05) is 45.3 Å². The SMILES string of the molecule is CCCCCCc1cc(-c2cccs2)sc1-c1nc2sc(-c3sc(-c4cccs4)cc3CCCCCC)nc2s1. The van der Waals surface area contributed by atoms with Crippen molar-refractivity contribution in [2.75, 3.05) is 0 Å². The van der Waals surface area contributed by atoms with Crippen LogP contribution < -0.4 is 0 Å². The van der Waals surface area contributed by atoms with Crippen LogP contribution in [0.3, 0.4) is 0 Å². The molecular formula is C32H34N2S6. The lowest BCUT2D eigenvalue weighted by Crippen LogP contribution is -1.86. The van der Waals surface area contributed by atoms with Crippen molar-refractivity contribution < 1.29 is 0 Å². The van der Waals surface area contributed by atoms with Crippen molar-refractivity contribution >= 4 is 77.7 Å². The van der Waals surface area contributed by atoms with Crippen molar-refractivity contribution in [3.05, 3.63) is 58.3 Å². The van der Waals surface area contributed by atoms with Gasteiger partial charge in [-0.25, -0.2) is 9.97 Å². The summed E-state index contributed by atoms with van der Waals surface area (Å²) >= 11 is 11.0. The molecule has 0 unspecified atom stereocenters. The standard InChI is InChI=1S/C32H34N2S6/c1-3-5-7-9-13-21-19-25(23-15-11-17-35-23)37-27(21)29-33-31-32(39-29)34-30(40-31)28-22(14-10-8-6-4-2)20-26(38-28)24-16-12-18-36-24/h11-12,15-20H,3-10,13-14H2,1-2H3. The fraction of sp³-hybridized carbons (Fsp3) is 0.375. The third-order valence-electron chi connectivity index (χ3n) is 7.11. The van der Waals surface area contributed by atoms with E-state index in [0.717, 1.165) is 32.5 Å². The summed E-state index contributed by atoms with van der Waals surface area (Å²) in [6, 6.07) is 13.6. The van der Waals surface area contributed by atoms with Crippen molar-refractivity contribution in [1.82, 2.24) is 9.97 Å². The van der Waals surface area contributed by atoms with E-state index in [4.69, 9.17) is 9.97 Å². The van der Waals surface area contributed by atoms with Crippen LogP contribution in [0.2, 0.25) is 0 Å². The molecule has 6 aromatic rings. The molecule has 0 bridgehead atoms. The van der Waals surface area contributed by atoms with Crippen molar-refractivity contribution in [3.63, 3.8) is 0 Å². The summed E-state index contributed by atoms with van der Waals surface area (Å²) in [5.41, 5.74) is 2.92. The zero-order valence-electron chi connectivity index (χ0n) is 23.0. The van der Waals surface area contributed by atoms with Gasteiger partial charge in [0.15, 0.2) is 9.66 Å². The highest BCUT2D eigenvalue weighted by Crippen LogP contribution is 2.46. The highest BCUT2D eigenvalue weighted by Gasteiger charge is 2.21. The molecule has 0 spiro atoms. The van der Waals surface area contributed by atoms with Gasteiger partial charge in [0.1, 0.15) is 10.0 Å². The average Bonchev–Trinajstić information content (AvgIpc) is 3.79. The van der Waals surface area contributed by atoms with E-state index in [1.165, 1.54) is 91.8 Å². The second-order valence-electron chi connectivity index (χ2n) is 10.2. The van der Waals surface area contributed by atoms with E-state index in [1.54, 1.807) is 22.7 Å². The summed E-state index contributed by atoms with van der Waals surface area (Å²) in [6.45, 7) is 4.56. The Morgan fingerprint density at radius 2 is 1.02 bits per heavy atom. The zero-order valence-corrected chi connectivity index (χ0v) is 27.9. The van der Waals surface area contributed by atoms with Gasteiger partial charge < -0.3 is 0 Å². The van der Waals surface area contributed by atoms with Gasteiger partial charge in [-0.1, -0.05) is 87.2 Å². The molecule has 6 aromatic heterocycles.